The fourth-order valence-electron chi connectivity index (χ4n) is 0.873. The van der Waals surface area contributed by atoms with Gasteiger partial charge in [0.1, 0.15) is 0 Å². The topological polar surface area (TPSA) is 60.2 Å². The lowest BCUT2D eigenvalue weighted by molar-refractivity contribution is -0.104. The van der Waals surface area contributed by atoms with Crippen molar-refractivity contribution in [2.45, 2.75) is 6.54 Å². The molecule has 2 N–H and O–H groups in total. The highest BCUT2D eigenvalue weighted by Gasteiger charge is 2.01. The van der Waals surface area contributed by atoms with Crippen LogP contribution in [-0.4, -0.2) is 12.1 Å². The molecule has 0 aromatic heterocycles. The van der Waals surface area contributed by atoms with E-state index in [0.717, 1.165) is 5.56 Å². The third-order valence-electron chi connectivity index (χ3n) is 1.58. The van der Waals surface area contributed by atoms with Gasteiger partial charge in [0.05, 0.1) is 0 Å². The predicted molar refractivity (Wildman–Crippen MR) is 44.7 cm³/mol. The minimum atomic E-state index is -0.501. The first-order valence-corrected chi connectivity index (χ1v) is 3.56. The van der Waals surface area contributed by atoms with E-state index in [0.29, 0.717) is 18.4 Å². The fourth-order valence-corrected chi connectivity index (χ4v) is 0.873. The zero-order valence-corrected chi connectivity index (χ0v) is 6.49. The molecule has 0 aliphatic carbocycles. The van der Waals surface area contributed by atoms with E-state index >= 15 is 0 Å². The first kappa shape index (κ1) is 8.62. The van der Waals surface area contributed by atoms with Crippen LogP contribution in [0.15, 0.2) is 24.3 Å². The Morgan fingerprint density at radius 3 is 2.33 bits per heavy atom. The fraction of sp³-hybridized carbons (Fsp3) is 0.111. The second-order valence-corrected chi connectivity index (χ2v) is 2.38. The van der Waals surface area contributed by atoms with E-state index in [1.54, 1.807) is 24.3 Å². The molecule has 0 bridgehead atoms. The van der Waals surface area contributed by atoms with Crippen molar-refractivity contribution >= 4 is 12.1 Å². The minimum Gasteiger partial charge on any atom is -0.326 e. The van der Waals surface area contributed by atoms with Crippen LogP contribution in [0.3, 0.4) is 0 Å². The van der Waals surface area contributed by atoms with Crippen LogP contribution in [-0.2, 0) is 11.3 Å². The maximum absolute atomic E-state index is 10.8. The summed E-state index contributed by atoms with van der Waals surface area (Å²) in [5, 5.41) is 0. The molecular weight excluding hydrogens is 154 g/mol. The van der Waals surface area contributed by atoms with Crippen molar-refractivity contribution in [2.24, 2.45) is 5.73 Å². The summed E-state index contributed by atoms with van der Waals surface area (Å²) in [6.07, 6.45) is 0.303. The Bertz CT molecular complexity index is 290. The second-order valence-electron chi connectivity index (χ2n) is 2.38. The quantitative estimate of drug-likeness (QED) is 0.401. The van der Waals surface area contributed by atoms with Crippen molar-refractivity contribution in [1.82, 2.24) is 0 Å². The lowest BCUT2D eigenvalue weighted by Crippen LogP contribution is -2.01. The Labute approximate surface area is 70.2 Å². The van der Waals surface area contributed by atoms with Gasteiger partial charge in [-0.25, -0.2) is 0 Å². The van der Waals surface area contributed by atoms with E-state index in [1.807, 2.05) is 0 Å². The molecule has 12 heavy (non-hydrogen) atoms. The highest BCUT2D eigenvalue weighted by Crippen LogP contribution is 2.03. The second kappa shape index (κ2) is 3.78. The zero-order valence-electron chi connectivity index (χ0n) is 6.49. The SMILES string of the molecule is NCc1ccc(C(=O)C=O)cc1. The summed E-state index contributed by atoms with van der Waals surface area (Å²) in [6, 6.07) is 6.66. The van der Waals surface area contributed by atoms with Crippen molar-refractivity contribution < 1.29 is 9.59 Å². The monoisotopic (exact) mass is 163 g/mol. The van der Waals surface area contributed by atoms with Crippen LogP contribution < -0.4 is 5.73 Å². The van der Waals surface area contributed by atoms with Crippen LogP contribution in [0.4, 0.5) is 0 Å². The van der Waals surface area contributed by atoms with Crippen molar-refractivity contribution in [3.63, 3.8) is 0 Å². The number of nitrogens with two attached hydrogens (primary N) is 1. The van der Waals surface area contributed by atoms with Crippen LogP contribution in [0.5, 0.6) is 0 Å². The number of hydrogen-bond donors (Lipinski definition) is 1. The molecule has 1 aromatic rings. The lowest BCUT2D eigenvalue weighted by atomic mass is 10.1. The third-order valence-corrected chi connectivity index (χ3v) is 1.58. The highest BCUT2D eigenvalue weighted by molar-refractivity contribution is 6.33. The smallest absolute Gasteiger partial charge is 0.225 e. The maximum Gasteiger partial charge on any atom is 0.225 e. The summed E-state index contributed by atoms with van der Waals surface area (Å²) in [5.41, 5.74) is 6.70. The molecule has 0 atom stereocenters. The standard InChI is InChI=1S/C9H9NO2/c10-5-7-1-3-8(4-2-7)9(12)6-11/h1-4,6H,5,10H2. The molecule has 0 unspecified atom stereocenters. The van der Waals surface area contributed by atoms with Gasteiger partial charge in [0.15, 0.2) is 6.29 Å². The van der Waals surface area contributed by atoms with Crippen LogP contribution in [0.2, 0.25) is 0 Å². The number of aldehydes is 1. The van der Waals surface area contributed by atoms with Gasteiger partial charge in [-0.15, -0.1) is 0 Å². The van der Waals surface area contributed by atoms with Gasteiger partial charge in [0.2, 0.25) is 5.78 Å². The molecule has 0 heterocycles. The summed E-state index contributed by atoms with van der Waals surface area (Å²) >= 11 is 0. The first-order valence-electron chi connectivity index (χ1n) is 3.56. The zero-order chi connectivity index (χ0) is 8.97. The van der Waals surface area contributed by atoms with Crippen molar-refractivity contribution in [2.75, 3.05) is 0 Å². The molecule has 3 nitrogen and oxygen atoms in total. The number of carbonyl (C=O) groups excluding carboxylic acids is 2. The number of rotatable bonds is 3. The normalized spacial score (nSPS) is 9.42. The van der Waals surface area contributed by atoms with E-state index in [9.17, 15) is 9.59 Å². The number of Topliss-reactive ketones (excluding diaryl/α,β-unsaturated/α-hetero) is 1. The predicted octanol–water partition coefficient (Wildman–Crippen LogP) is 0.527. The molecule has 0 aliphatic heterocycles. The largest absolute Gasteiger partial charge is 0.326 e. The van der Waals surface area contributed by atoms with Crippen LogP contribution >= 0.6 is 0 Å². The third kappa shape index (κ3) is 1.77. The molecule has 1 rings (SSSR count). The van der Waals surface area contributed by atoms with E-state index < -0.39 is 5.78 Å². The molecule has 0 spiro atoms. The van der Waals surface area contributed by atoms with Gasteiger partial charge in [-0.05, 0) is 5.56 Å². The van der Waals surface area contributed by atoms with Gasteiger partial charge in [0, 0.05) is 12.1 Å². The summed E-state index contributed by atoms with van der Waals surface area (Å²) in [7, 11) is 0. The number of carbonyl (C=O) groups is 2. The Morgan fingerprint density at radius 2 is 1.92 bits per heavy atom. The molecule has 0 amide bonds. The molecule has 0 saturated carbocycles. The molecular formula is C9H9NO2. The Kier molecular flexibility index (Phi) is 2.71. The molecule has 3 heteroatoms. The Morgan fingerprint density at radius 1 is 1.33 bits per heavy atom. The van der Waals surface area contributed by atoms with Gasteiger partial charge in [-0.3, -0.25) is 9.59 Å². The van der Waals surface area contributed by atoms with Gasteiger partial charge in [-0.1, -0.05) is 24.3 Å². The number of benzene rings is 1. The van der Waals surface area contributed by atoms with Gasteiger partial charge < -0.3 is 5.73 Å². The highest BCUT2D eigenvalue weighted by atomic mass is 16.2. The van der Waals surface area contributed by atoms with Crippen molar-refractivity contribution in [3.8, 4) is 0 Å². The van der Waals surface area contributed by atoms with Gasteiger partial charge >= 0.3 is 0 Å². The molecule has 1 aromatic carbocycles. The van der Waals surface area contributed by atoms with E-state index in [-0.39, 0.29) is 0 Å². The average molecular weight is 163 g/mol. The van der Waals surface area contributed by atoms with Crippen LogP contribution in [0.25, 0.3) is 0 Å². The van der Waals surface area contributed by atoms with E-state index in [2.05, 4.69) is 0 Å². The van der Waals surface area contributed by atoms with Crippen LogP contribution in [0, 0.1) is 0 Å². The summed E-state index contributed by atoms with van der Waals surface area (Å²) in [5.74, 6) is -0.501. The molecule has 0 fully saturated rings. The molecule has 0 aliphatic rings. The lowest BCUT2D eigenvalue weighted by Gasteiger charge is -1.96. The van der Waals surface area contributed by atoms with Gasteiger partial charge in [-0.2, -0.15) is 0 Å². The average Bonchev–Trinajstić information content (AvgIpc) is 2.17. The molecule has 62 valence electrons. The summed E-state index contributed by atoms with van der Waals surface area (Å²) in [6.45, 7) is 0.440. The van der Waals surface area contributed by atoms with E-state index in [4.69, 9.17) is 5.73 Å². The first-order chi connectivity index (χ1) is 5.77. The summed E-state index contributed by atoms with van der Waals surface area (Å²) in [4.78, 5) is 20.9. The number of ketones is 1. The summed E-state index contributed by atoms with van der Waals surface area (Å²) < 4.78 is 0. The van der Waals surface area contributed by atoms with Crippen molar-refractivity contribution in [1.29, 1.82) is 0 Å². The van der Waals surface area contributed by atoms with Crippen molar-refractivity contribution in [3.05, 3.63) is 35.4 Å². The number of hydrogen-bond acceptors (Lipinski definition) is 3. The maximum atomic E-state index is 10.8. The van der Waals surface area contributed by atoms with Gasteiger partial charge in [0.25, 0.3) is 0 Å². The Balaban J connectivity index is 2.91. The molecule has 0 radical (unpaired) electrons. The minimum absolute atomic E-state index is 0.303. The molecule has 0 saturated heterocycles. The van der Waals surface area contributed by atoms with E-state index in [1.165, 1.54) is 0 Å². The Hall–Kier alpha value is -1.48. The van der Waals surface area contributed by atoms with Crippen LogP contribution in [0.1, 0.15) is 15.9 Å².